The second kappa shape index (κ2) is 6.84. The Balaban J connectivity index is 1.69. The van der Waals surface area contributed by atoms with E-state index >= 15 is 0 Å². The van der Waals surface area contributed by atoms with Crippen LogP contribution in [0.5, 0.6) is 5.75 Å². The van der Waals surface area contributed by atoms with E-state index in [1.807, 2.05) is 13.0 Å². The van der Waals surface area contributed by atoms with Gasteiger partial charge in [-0.25, -0.2) is 9.79 Å². The number of benzene rings is 1. The topological polar surface area (TPSA) is 104 Å². The summed E-state index contributed by atoms with van der Waals surface area (Å²) < 4.78 is 5.52. The molecule has 0 radical (unpaired) electrons. The number of aryl methyl sites for hydroxylation is 1. The number of likely N-dealkylation sites (tertiary alicyclic amines) is 1. The third-order valence-corrected chi connectivity index (χ3v) is 5.77. The van der Waals surface area contributed by atoms with Crippen LogP contribution in [-0.2, 0) is 0 Å². The summed E-state index contributed by atoms with van der Waals surface area (Å²) in [5, 5.41) is 7.28. The summed E-state index contributed by atoms with van der Waals surface area (Å²) in [6.45, 7) is 5.87. The van der Waals surface area contributed by atoms with E-state index in [1.54, 1.807) is 7.11 Å². The number of fused-ring (bicyclic) bond motifs is 2. The number of nitrogens with one attached hydrogen (secondary N) is 2. The van der Waals surface area contributed by atoms with Crippen LogP contribution in [-0.4, -0.2) is 48.7 Å². The Morgan fingerprint density at radius 1 is 1.33 bits per heavy atom. The van der Waals surface area contributed by atoms with Gasteiger partial charge < -0.3 is 15.8 Å². The third kappa shape index (κ3) is 3.14. The maximum atomic E-state index is 11.2. The largest absolute Gasteiger partial charge is 0.497 e. The van der Waals surface area contributed by atoms with Gasteiger partial charge in [-0.1, -0.05) is 0 Å². The molecule has 1 fully saturated rings. The van der Waals surface area contributed by atoms with Crippen molar-refractivity contribution in [2.75, 3.05) is 20.2 Å². The maximum Gasteiger partial charge on any atom is 0.312 e. The van der Waals surface area contributed by atoms with Crippen molar-refractivity contribution in [3.05, 3.63) is 23.3 Å². The zero-order valence-corrected chi connectivity index (χ0v) is 16.0. The molecule has 0 spiro atoms. The minimum absolute atomic E-state index is 0.115. The van der Waals surface area contributed by atoms with Gasteiger partial charge in [0, 0.05) is 30.4 Å². The molecule has 8 nitrogen and oxygen atoms in total. The molecule has 1 aromatic rings. The van der Waals surface area contributed by atoms with Crippen molar-refractivity contribution < 1.29 is 9.53 Å². The van der Waals surface area contributed by atoms with Gasteiger partial charge in [0.15, 0.2) is 0 Å². The number of hydrazone groups is 1. The van der Waals surface area contributed by atoms with Gasteiger partial charge in [0.1, 0.15) is 11.6 Å². The van der Waals surface area contributed by atoms with E-state index in [4.69, 9.17) is 15.5 Å². The van der Waals surface area contributed by atoms with Crippen molar-refractivity contribution in [2.24, 2.45) is 21.7 Å². The van der Waals surface area contributed by atoms with Crippen LogP contribution in [0.3, 0.4) is 0 Å². The molecule has 0 aliphatic carbocycles. The second-order valence-electron chi connectivity index (χ2n) is 7.49. The number of methoxy groups -OCH3 is 1. The average molecular weight is 370 g/mol. The van der Waals surface area contributed by atoms with E-state index in [0.717, 1.165) is 54.5 Å². The Morgan fingerprint density at radius 2 is 2.07 bits per heavy atom. The number of hydrogen-bond acceptors (Lipinski definition) is 6. The van der Waals surface area contributed by atoms with Crippen molar-refractivity contribution in [1.29, 1.82) is 0 Å². The molecule has 3 aliphatic heterocycles. The molecule has 144 valence electrons. The SMILES string of the molecule is COc1cc(C)c2c(c1)C(N1CCC(NC(N)=O)CC1)C1C(C)=NNC1=N2. The Labute approximate surface area is 158 Å². The van der Waals surface area contributed by atoms with E-state index < -0.39 is 6.03 Å². The van der Waals surface area contributed by atoms with Gasteiger partial charge in [-0.3, -0.25) is 10.3 Å². The van der Waals surface area contributed by atoms with Crippen LogP contribution in [0.25, 0.3) is 0 Å². The van der Waals surface area contributed by atoms with Crippen LogP contribution >= 0.6 is 0 Å². The number of rotatable bonds is 3. The summed E-state index contributed by atoms with van der Waals surface area (Å²) in [6.07, 6.45) is 1.75. The Kier molecular flexibility index (Phi) is 4.51. The van der Waals surface area contributed by atoms with Gasteiger partial charge in [-0.2, -0.15) is 5.10 Å². The first-order chi connectivity index (χ1) is 13.0. The summed E-state index contributed by atoms with van der Waals surface area (Å²) in [6, 6.07) is 3.96. The fourth-order valence-electron chi connectivity index (χ4n) is 4.45. The monoisotopic (exact) mass is 370 g/mol. The number of urea groups is 1. The minimum Gasteiger partial charge on any atom is -0.497 e. The molecule has 1 saturated heterocycles. The van der Waals surface area contributed by atoms with Gasteiger partial charge in [-0.05, 0) is 44.4 Å². The smallest absolute Gasteiger partial charge is 0.312 e. The van der Waals surface area contributed by atoms with Crippen molar-refractivity contribution in [3.63, 3.8) is 0 Å². The molecular formula is C19H26N6O2. The lowest BCUT2D eigenvalue weighted by Crippen LogP contribution is -2.50. The first-order valence-corrected chi connectivity index (χ1v) is 9.35. The number of carbonyl (C=O) groups excluding carboxylic acids is 1. The highest BCUT2D eigenvalue weighted by atomic mass is 16.5. The summed E-state index contributed by atoms with van der Waals surface area (Å²) in [7, 11) is 1.69. The van der Waals surface area contributed by atoms with Crippen molar-refractivity contribution >= 4 is 23.3 Å². The summed E-state index contributed by atoms with van der Waals surface area (Å²) in [4.78, 5) is 18.5. The van der Waals surface area contributed by atoms with Gasteiger partial charge in [0.05, 0.1) is 24.8 Å². The van der Waals surface area contributed by atoms with Crippen LogP contribution in [0.4, 0.5) is 10.5 Å². The lowest BCUT2D eigenvalue weighted by atomic mass is 9.82. The summed E-state index contributed by atoms with van der Waals surface area (Å²) in [5.74, 6) is 1.88. The molecule has 0 saturated carbocycles. The molecule has 3 heterocycles. The van der Waals surface area contributed by atoms with Crippen LogP contribution in [0.15, 0.2) is 22.2 Å². The van der Waals surface area contributed by atoms with E-state index in [0.29, 0.717) is 0 Å². The molecule has 3 aliphatic rings. The molecule has 2 atom stereocenters. The first kappa shape index (κ1) is 17.8. The predicted octanol–water partition coefficient (Wildman–Crippen LogP) is 1.82. The number of carbonyl (C=O) groups is 1. The van der Waals surface area contributed by atoms with Gasteiger partial charge >= 0.3 is 6.03 Å². The number of ether oxygens (including phenoxy) is 1. The lowest BCUT2D eigenvalue weighted by Gasteiger charge is -2.42. The normalized spacial score (nSPS) is 25.0. The van der Waals surface area contributed by atoms with E-state index in [-0.39, 0.29) is 18.0 Å². The average Bonchev–Trinajstić information content (AvgIpc) is 3.01. The van der Waals surface area contributed by atoms with E-state index in [2.05, 4.69) is 33.7 Å². The van der Waals surface area contributed by atoms with Gasteiger partial charge in [0.25, 0.3) is 0 Å². The van der Waals surface area contributed by atoms with Gasteiger partial charge in [-0.15, -0.1) is 0 Å². The number of nitrogens with two attached hydrogens (primary N) is 1. The highest BCUT2D eigenvalue weighted by Gasteiger charge is 2.43. The van der Waals surface area contributed by atoms with Crippen LogP contribution in [0, 0.1) is 12.8 Å². The quantitative estimate of drug-likeness (QED) is 0.755. The zero-order chi connectivity index (χ0) is 19.1. The summed E-state index contributed by atoms with van der Waals surface area (Å²) >= 11 is 0. The third-order valence-electron chi connectivity index (χ3n) is 5.77. The maximum absolute atomic E-state index is 11.2. The molecule has 0 aromatic heterocycles. The van der Waals surface area contributed by atoms with E-state index in [1.165, 1.54) is 5.56 Å². The highest BCUT2D eigenvalue weighted by molar-refractivity contribution is 6.12. The zero-order valence-electron chi connectivity index (χ0n) is 16.0. The van der Waals surface area contributed by atoms with Crippen molar-refractivity contribution in [3.8, 4) is 5.75 Å². The molecular weight excluding hydrogens is 344 g/mol. The highest BCUT2D eigenvalue weighted by Crippen LogP contribution is 2.45. The summed E-state index contributed by atoms with van der Waals surface area (Å²) in [5.41, 5.74) is 12.7. The first-order valence-electron chi connectivity index (χ1n) is 9.35. The number of amidine groups is 1. The Bertz CT molecular complexity index is 826. The number of aliphatic imine (C=N–C) groups is 1. The predicted molar refractivity (Wildman–Crippen MR) is 105 cm³/mol. The Morgan fingerprint density at radius 3 is 2.74 bits per heavy atom. The number of piperidine rings is 1. The standard InChI is InChI=1S/C19H26N6O2/c1-10-8-13(27-3)9-14-16(10)22-18-15(11(2)23-24-18)17(14)25-6-4-12(5-7-25)21-19(20)26/h8-9,12,15,17H,4-7H2,1-3H3,(H,22,24)(H3,20,21,26). The van der Waals surface area contributed by atoms with Crippen LogP contribution < -0.4 is 21.2 Å². The molecule has 4 N–H and O–H groups in total. The second-order valence-corrected chi connectivity index (χ2v) is 7.49. The van der Waals surface area contributed by atoms with Crippen molar-refractivity contribution in [1.82, 2.24) is 15.6 Å². The van der Waals surface area contributed by atoms with Crippen LogP contribution in [0.2, 0.25) is 0 Å². The molecule has 4 rings (SSSR count). The fraction of sp³-hybridized carbons (Fsp3) is 0.526. The number of hydrogen-bond donors (Lipinski definition) is 3. The van der Waals surface area contributed by atoms with E-state index in [9.17, 15) is 4.79 Å². The lowest BCUT2D eigenvalue weighted by molar-refractivity contribution is 0.135. The molecule has 27 heavy (non-hydrogen) atoms. The number of amides is 2. The molecule has 2 unspecified atom stereocenters. The number of nitrogens with zero attached hydrogens (tertiary/aromatic N) is 3. The van der Waals surface area contributed by atoms with Crippen LogP contribution in [0.1, 0.15) is 36.9 Å². The minimum atomic E-state index is -0.450. The molecule has 0 bridgehead atoms. The molecule has 1 aromatic carbocycles. The van der Waals surface area contributed by atoms with Gasteiger partial charge in [0.2, 0.25) is 0 Å². The fourth-order valence-corrected chi connectivity index (χ4v) is 4.45. The number of primary amides is 1. The van der Waals surface area contributed by atoms with Crippen molar-refractivity contribution in [2.45, 2.75) is 38.8 Å². The Hall–Kier alpha value is -2.61. The molecule has 8 heteroatoms. The molecule has 2 amide bonds.